The van der Waals surface area contributed by atoms with E-state index in [9.17, 15) is 5.11 Å². The standard InChI is InChI=1S/C14H29NO.C2H4.CH5N.CH4/c1-3-4-10-14(16)15-12(2)11-13-8-6-5-7-9-13;2*1-2;/h12-16H,3-11H2,1-2H3;1-2H2;2H2,1H3;1H4. The van der Waals surface area contributed by atoms with Crippen molar-refractivity contribution < 1.29 is 5.11 Å². The van der Waals surface area contributed by atoms with Gasteiger partial charge in [-0.05, 0) is 39.2 Å². The van der Waals surface area contributed by atoms with Gasteiger partial charge in [-0.2, -0.15) is 0 Å². The molecule has 1 aliphatic carbocycles. The molecule has 1 rings (SSSR count). The number of nitrogens with two attached hydrogens (primary N) is 1. The van der Waals surface area contributed by atoms with Gasteiger partial charge in [0.05, 0.1) is 0 Å². The molecule has 21 heavy (non-hydrogen) atoms. The SMILES string of the molecule is C.C=C.CCCCC(O)NC(C)CC1CCCCC1.CN. The molecule has 0 bridgehead atoms. The Kier molecular flexibility index (Phi) is 23.9. The van der Waals surface area contributed by atoms with Crippen molar-refractivity contribution in [1.29, 1.82) is 0 Å². The first-order valence-corrected chi connectivity index (χ1v) is 8.24. The summed E-state index contributed by atoms with van der Waals surface area (Å²) in [6.45, 7) is 10.4. The van der Waals surface area contributed by atoms with Crippen molar-refractivity contribution in [3.63, 3.8) is 0 Å². The highest BCUT2D eigenvalue weighted by Gasteiger charge is 2.17. The molecule has 1 fully saturated rings. The maximum Gasteiger partial charge on any atom is 0.105 e. The average Bonchev–Trinajstić information content (AvgIpc) is 2.50. The van der Waals surface area contributed by atoms with E-state index in [2.05, 4.69) is 38.1 Å². The predicted octanol–water partition coefficient (Wildman–Crippen LogP) is 4.46. The van der Waals surface area contributed by atoms with E-state index in [-0.39, 0.29) is 13.7 Å². The number of hydrogen-bond donors (Lipinski definition) is 3. The van der Waals surface area contributed by atoms with E-state index in [1.165, 1.54) is 45.6 Å². The fourth-order valence-corrected chi connectivity index (χ4v) is 2.80. The molecular formula is C18H42N2O. The minimum absolute atomic E-state index is 0. The summed E-state index contributed by atoms with van der Waals surface area (Å²) in [4.78, 5) is 0. The maximum atomic E-state index is 9.77. The average molecular weight is 303 g/mol. The fourth-order valence-electron chi connectivity index (χ4n) is 2.80. The summed E-state index contributed by atoms with van der Waals surface area (Å²) < 4.78 is 0. The summed E-state index contributed by atoms with van der Waals surface area (Å²) in [5.74, 6) is 0.898. The lowest BCUT2D eigenvalue weighted by Crippen LogP contribution is -2.37. The Morgan fingerprint density at radius 2 is 1.71 bits per heavy atom. The van der Waals surface area contributed by atoms with E-state index in [0.717, 1.165) is 25.2 Å². The van der Waals surface area contributed by atoms with Crippen LogP contribution in [0.25, 0.3) is 0 Å². The predicted molar refractivity (Wildman–Crippen MR) is 97.4 cm³/mol. The van der Waals surface area contributed by atoms with Gasteiger partial charge in [-0.25, -0.2) is 0 Å². The first-order valence-electron chi connectivity index (χ1n) is 8.24. The zero-order chi connectivity index (χ0) is 15.8. The zero-order valence-corrected chi connectivity index (χ0v) is 14.0. The van der Waals surface area contributed by atoms with Crippen molar-refractivity contribution in [3.05, 3.63) is 13.2 Å². The first-order chi connectivity index (χ1) is 9.72. The van der Waals surface area contributed by atoms with Gasteiger partial charge < -0.3 is 10.8 Å². The zero-order valence-electron chi connectivity index (χ0n) is 14.0. The Morgan fingerprint density at radius 3 is 2.19 bits per heavy atom. The van der Waals surface area contributed by atoms with Crippen LogP contribution < -0.4 is 11.1 Å². The van der Waals surface area contributed by atoms with E-state index in [4.69, 9.17) is 0 Å². The first kappa shape index (κ1) is 25.6. The number of rotatable bonds is 7. The van der Waals surface area contributed by atoms with Crippen molar-refractivity contribution in [1.82, 2.24) is 5.32 Å². The molecule has 3 heteroatoms. The Bertz CT molecular complexity index is 182. The molecule has 1 aliphatic rings. The van der Waals surface area contributed by atoms with Gasteiger partial charge in [0.1, 0.15) is 6.23 Å². The molecule has 2 atom stereocenters. The highest BCUT2D eigenvalue weighted by atomic mass is 16.3. The van der Waals surface area contributed by atoms with Crippen molar-refractivity contribution >= 4 is 0 Å². The highest BCUT2D eigenvalue weighted by Crippen LogP contribution is 2.27. The summed E-state index contributed by atoms with van der Waals surface area (Å²) in [5.41, 5.74) is 4.50. The second kappa shape index (κ2) is 19.6. The third kappa shape index (κ3) is 15.8. The number of aliphatic hydroxyl groups is 1. The van der Waals surface area contributed by atoms with Crippen molar-refractivity contribution in [2.75, 3.05) is 7.05 Å². The Morgan fingerprint density at radius 1 is 1.19 bits per heavy atom. The Labute approximate surface area is 134 Å². The fraction of sp³-hybridized carbons (Fsp3) is 0.889. The van der Waals surface area contributed by atoms with Gasteiger partial charge in [-0.15, -0.1) is 13.2 Å². The molecule has 0 heterocycles. The maximum absolute atomic E-state index is 9.77. The molecule has 0 aromatic heterocycles. The van der Waals surface area contributed by atoms with Gasteiger partial charge in [0.2, 0.25) is 0 Å². The molecule has 0 spiro atoms. The van der Waals surface area contributed by atoms with E-state index < -0.39 is 0 Å². The molecular weight excluding hydrogens is 260 g/mol. The highest BCUT2D eigenvalue weighted by molar-refractivity contribution is 4.72. The van der Waals surface area contributed by atoms with Gasteiger partial charge >= 0.3 is 0 Å². The second-order valence-electron chi connectivity index (χ2n) is 5.47. The molecule has 0 aromatic rings. The summed E-state index contributed by atoms with van der Waals surface area (Å²) in [6, 6.07) is 0.468. The Balaban J connectivity index is -0.000000595. The smallest absolute Gasteiger partial charge is 0.105 e. The second-order valence-corrected chi connectivity index (χ2v) is 5.47. The van der Waals surface area contributed by atoms with Crippen molar-refractivity contribution in [2.45, 2.75) is 91.3 Å². The number of nitrogens with one attached hydrogen (secondary N) is 1. The molecule has 1 saturated carbocycles. The monoisotopic (exact) mass is 302 g/mol. The quantitative estimate of drug-likeness (QED) is 0.481. The summed E-state index contributed by atoms with van der Waals surface area (Å²) in [6.07, 6.45) is 11.2. The molecule has 0 aliphatic heterocycles. The molecule has 0 radical (unpaired) electrons. The third-order valence-corrected chi connectivity index (χ3v) is 3.72. The molecule has 0 amide bonds. The molecule has 0 saturated heterocycles. The van der Waals surface area contributed by atoms with Gasteiger partial charge in [0.25, 0.3) is 0 Å². The molecule has 2 unspecified atom stereocenters. The van der Waals surface area contributed by atoms with Crippen LogP contribution in [0, 0.1) is 5.92 Å². The van der Waals surface area contributed by atoms with Crippen LogP contribution in [0.15, 0.2) is 13.2 Å². The topological polar surface area (TPSA) is 58.3 Å². The lowest BCUT2D eigenvalue weighted by atomic mass is 9.85. The molecule has 0 aromatic carbocycles. The minimum Gasteiger partial charge on any atom is -0.379 e. The normalized spacial score (nSPS) is 17.2. The van der Waals surface area contributed by atoms with Crippen LogP contribution in [0.4, 0.5) is 0 Å². The molecule has 3 nitrogen and oxygen atoms in total. The van der Waals surface area contributed by atoms with Crippen LogP contribution >= 0.6 is 0 Å². The van der Waals surface area contributed by atoms with E-state index in [1.54, 1.807) is 0 Å². The number of unbranched alkanes of at least 4 members (excludes halogenated alkanes) is 1. The molecule has 130 valence electrons. The van der Waals surface area contributed by atoms with Crippen LogP contribution in [-0.2, 0) is 0 Å². The lowest BCUT2D eigenvalue weighted by molar-refractivity contribution is 0.106. The van der Waals surface area contributed by atoms with Gasteiger partial charge in [-0.3, -0.25) is 5.32 Å². The largest absolute Gasteiger partial charge is 0.379 e. The lowest BCUT2D eigenvalue weighted by Gasteiger charge is -2.26. The van der Waals surface area contributed by atoms with E-state index in [0.29, 0.717) is 6.04 Å². The van der Waals surface area contributed by atoms with Crippen LogP contribution in [0.3, 0.4) is 0 Å². The van der Waals surface area contributed by atoms with Crippen LogP contribution in [-0.4, -0.2) is 24.4 Å². The minimum atomic E-state index is -0.293. The van der Waals surface area contributed by atoms with Crippen LogP contribution in [0.5, 0.6) is 0 Å². The van der Waals surface area contributed by atoms with Gasteiger partial charge in [-0.1, -0.05) is 52.9 Å². The van der Waals surface area contributed by atoms with E-state index in [1.807, 2.05) is 0 Å². The van der Waals surface area contributed by atoms with E-state index >= 15 is 0 Å². The summed E-state index contributed by atoms with van der Waals surface area (Å²) in [7, 11) is 1.50. The van der Waals surface area contributed by atoms with Crippen LogP contribution in [0.2, 0.25) is 0 Å². The molecule has 4 N–H and O–H groups in total. The van der Waals surface area contributed by atoms with Gasteiger partial charge in [0.15, 0.2) is 0 Å². The van der Waals surface area contributed by atoms with Crippen LogP contribution in [0.1, 0.15) is 79.1 Å². The summed E-state index contributed by atoms with van der Waals surface area (Å²) in [5, 5.41) is 13.1. The van der Waals surface area contributed by atoms with Crippen molar-refractivity contribution in [3.8, 4) is 0 Å². The van der Waals surface area contributed by atoms with Gasteiger partial charge in [0, 0.05) is 6.04 Å². The Hall–Kier alpha value is -0.380. The number of hydrogen-bond acceptors (Lipinski definition) is 3. The van der Waals surface area contributed by atoms with Crippen molar-refractivity contribution in [2.24, 2.45) is 11.7 Å². The number of aliphatic hydroxyl groups excluding tert-OH is 1. The summed E-state index contributed by atoms with van der Waals surface area (Å²) >= 11 is 0. The third-order valence-electron chi connectivity index (χ3n) is 3.72.